The molecular weight excluding hydrogens is 458 g/mol. The molecule has 3 aromatic carbocycles. The maximum Gasteiger partial charge on any atom is 0.407 e. The predicted octanol–water partition coefficient (Wildman–Crippen LogP) is 3.90. The Bertz CT molecular complexity index is 1170. The van der Waals surface area contributed by atoms with Crippen LogP contribution in [0.25, 0.3) is 11.1 Å². The monoisotopic (exact) mass is 481 g/mol. The van der Waals surface area contributed by atoms with Crippen LogP contribution in [0.1, 0.15) is 34.3 Å². The normalized spacial score (nSPS) is 14.1. The van der Waals surface area contributed by atoms with Crippen LogP contribution in [0.5, 0.6) is 0 Å². The van der Waals surface area contributed by atoms with Crippen molar-refractivity contribution in [3.05, 3.63) is 94.0 Å². The number of hydrogen-bond acceptors (Lipinski definition) is 5. The number of aliphatic hydroxyl groups excluding tert-OH is 2. The molecule has 1 amide bonds. The highest BCUT2D eigenvalue weighted by Gasteiger charge is 2.29. The molecule has 8 heteroatoms. The smallest absolute Gasteiger partial charge is 0.407 e. The van der Waals surface area contributed by atoms with Gasteiger partial charge < -0.3 is 25.4 Å². The first-order chi connectivity index (χ1) is 16.3. The van der Waals surface area contributed by atoms with E-state index in [9.17, 15) is 19.8 Å². The number of aliphatic carboxylic acids is 1. The molecule has 2 unspecified atom stereocenters. The molecule has 4 rings (SSSR count). The van der Waals surface area contributed by atoms with Gasteiger partial charge in [-0.3, -0.25) is 4.79 Å². The first-order valence-corrected chi connectivity index (χ1v) is 11.2. The molecule has 0 bridgehead atoms. The fourth-order valence-corrected chi connectivity index (χ4v) is 4.43. The summed E-state index contributed by atoms with van der Waals surface area (Å²) in [5, 5.41) is 32.5. The third kappa shape index (κ3) is 5.07. The number of fused-ring (bicyclic) bond motifs is 3. The summed E-state index contributed by atoms with van der Waals surface area (Å²) in [6, 6.07) is 20.4. The molecule has 0 aliphatic heterocycles. The van der Waals surface area contributed by atoms with Crippen LogP contribution >= 0.6 is 11.6 Å². The van der Waals surface area contributed by atoms with E-state index in [1.54, 1.807) is 0 Å². The molecule has 0 saturated heterocycles. The highest BCUT2D eigenvalue weighted by atomic mass is 35.5. The van der Waals surface area contributed by atoms with Crippen molar-refractivity contribution < 1.29 is 29.6 Å². The lowest BCUT2D eigenvalue weighted by atomic mass is 9.98. The Balaban J connectivity index is 1.34. The quantitative estimate of drug-likeness (QED) is 0.388. The van der Waals surface area contributed by atoms with Crippen molar-refractivity contribution in [3.8, 4) is 11.1 Å². The SMILES string of the molecule is O=C(O)Cc1cc(C(O)C(O)CNC(=O)OCC2c3ccccc3-c3ccccc32)ccc1Cl. The highest BCUT2D eigenvalue weighted by Crippen LogP contribution is 2.44. The molecule has 3 aromatic rings. The van der Waals surface area contributed by atoms with E-state index in [0.717, 1.165) is 22.3 Å². The van der Waals surface area contributed by atoms with Crippen molar-refractivity contribution in [3.63, 3.8) is 0 Å². The van der Waals surface area contributed by atoms with Crippen LogP contribution in [0, 0.1) is 0 Å². The minimum Gasteiger partial charge on any atom is -0.481 e. The number of ether oxygens (including phenoxy) is 1. The fraction of sp³-hybridized carbons (Fsp3) is 0.231. The Morgan fingerprint density at radius 1 is 0.971 bits per heavy atom. The molecule has 2 atom stereocenters. The molecule has 176 valence electrons. The molecular formula is C26H24ClNO6. The van der Waals surface area contributed by atoms with Crippen molar-refractivity contribution in [2.45, 2.75) is 24.5 Å². The zero-order valence-corrected chi connectivity index (χ0v) is 18.9. The Labute approximate surface area is 201 Å². The lowest BCUT2D eigenvalue weighted by molar-refractivity contribution is -0.136. The van der Waals surface area contributed by atoms with Gasteiger partial charge in [0.2, 0.25) is 0 Å². The van der Waals surface area contributed by atoms with E-state index < -0.39 is 24.3 Å². The lowest BCUT2D eigenvalue weighted by Crippen LogP contribution is -2.36. The lowest BCUT2D eigenvalue weighted by Gasteiger charge is -2.20. The maximum atomic E-state index is 12.3. The van der Waals surface area contributed by atoms with E-state index in [0.29, 0.717) is 11.1 Å². The summed E-state index contributed by atoms with van der Waals surface area (Å²) < 4.78 is 5.43. The minimum atomic E-state index is -1.35. The number of nitrogens with one attached hydrogen (secondary N) is 1. The van der Waals surface area contributed by atoms with E-state index in [2.05, 4.69) is 5.32 Å². The van der Waals surface area contributed by atoms with Gasteiger partial charge in [0.1, 0.15) is 18.8 Å². The number of hydrogen-bond donors (Lipinski definition) is 4. The number of carbonyl (C=O) groups is 2. The zero-order valence-electron chi connectivity index (χ0n) is 18.1. The zero-order chi connectivity index (χ0) is 24.2. The molecule has 1 aliphatic rings. The Morgan fingerprint density at radius 3 is 2.21 bits per heavy atom. The van der Waals surface area contributed by atoms with E-state index in [1.807, 2.05) is 48.5 Å². The van der Waals surface area contributed by atoms with Crippen LogP contribution in [0.2, 0.25) is 5.02 Å². The second-order valence-corrected chi connectivity index (χ2v) is 8.55. The molecule has 0 saturated carbocycles. The number of amides is 1. The molecule has 0 aromatic heterocycles. The number of carboxylic acids is 1. The van der Waals surface area contributed by atoms with Gasteiger partial charge in [0, 0.05) is 17.5 Å². The van der Waals surface area contributed by atoms with Gasteiger partial charge in [-0.1, -0.05) is 72.3 Å². The van der Waals surface area contributed by atoms with Crippen LogP contribution in [0.4, 0.5) is 4.79 Å². The van der Waals surface area contributed by atoms with Crippen LogP contribution in [0.15, 0.2) is 66.7 Å². The fourth-order valence-electron chi connectivity index (χ4n) is 4.25. The van der Waals surface area contributed by atoms with Crippen LogP contribution in [-0.2, 0) is 16.0 Å². The second-order valence-electron chi connectivity index (χ2n) is 8.14. The molecule has 34 heavy (non-hydrogen) atoms. The second kappa shape index (κ2) is 10.3. The van der Waals surface area contributed by atoms with Crippen LogP contribution in [0.3, 0.4) is 0 Å². The number of aliphatic hydroxyl groups is 2. The Morgan fingerprint density at radius 2 is 1.59 bits per heavy atom. The Hall–Kier alpha value is -3.39. The van der Waals surface area contributed by atoms with Gasteiger partial charge in [0.05, 0.1) is 6.42 Å². The van der Waals surface area contributed by atoms with E-state index in [4.69, 9.17) is 21.4 Å². The van der Waals surface area contributed by atoms with Gasteiger partial charge in [0.15, 0.2) is 0 Å². The van der Waals surface area contributed by atoms with Crippen LogP contribution in [-0.4, -0.2) is 46.6 Å². The van der Waals surface area contributed by atoms with Gasteiger partial charge in [-0.15, -0.1) is 0 Å². The summed E-state index contributed by atoms with van der Waals surface area (Å²) >= 11 is 6.00. The average molecular weight is 482 g/mol. The van der Waals surface area contributed by atoms with Crippen molar-refractivity contribution in [1.82, 2.24) is 5.32 Å². The molecule has 4 N–H and O–H groups in total. The van der Waals surface area contributed by atoms with Gasteiger partial charge in [-0.05, 0) is 39.4 Å². The first-order valence-electron chi connectivity index (χ1n) is 10.8. The minimum absolute atomic E-state index is 0.0876. The molecule has 7 nitrogen and oxygen atoms in total. The van der Waals surface area contributed by atoms with Crippen molar-refractivity contribution in [2.24, 2.45) is 0 Å². The molecule has 1 aliphatic carbocycles. The van der Waals surface area contributed by atoms with Crippen molar-refractivity contribution in [1.29, 1.82) is 0 Å². The van der Waals surface area contributed by atoms with Gasteiger partial charge in [0.25, 0.3) is 0 Å². The summed E-state index contributed by atoms with van der Waals surface area (Å²) in [4.78, 5) is 23.3. The third-order valence-corrected chi connectivity index (χ3v) is 6.29. The summed E-state index contributed by atoms with van der Waals surface area (Å²) in [5.41, 5.74) is 5.04. The topological polar surface area (TPSA) is 116 Å². The third-order valence-electron chi connectivity index (χ3n) is 5.92. The summed E-state index contributed by atoms with van der Waals surface area (Å²) in [6.45, 7) is -0.122. The van der Waals surface area contributed by atoms with Crippen LogP contribution < -0.4 is 5.32 Å². The number of benzene rings is 3. The highest BCUT2D eigenvalue weighted by molar-refractivity contribution is 6.31. The molecule has 0 fully saturated rings. The first kappa shape index (κ1) is 23.8. The number of rotatable bonds is 8. The largest absolute Gasteiger partial charge is 0.481 e. The predicted molar refractivity (Wildman–Crippen MR) is 127 cm³/mol. The summed E-state index contributed by atoms with van der Waals surface area (Å²) in [7, 11) is 0. The van der Waals surface area contributed by atoms with Crippen molar-refractivity contribution >= 4 is 23.7 Å². The Kier molecular flexibility index (Phi) is 7.17. The van der Waals surface area contributed by atoms with E-state index in [1.165, 1.54) is 18.2 Å². The molecule has 0 heterocycles. The van der Waals surface area contributed by atoms with Gasteiger partial charge in [-0.25, -0.2) is 4.79 Å². The van der Waals surface area contributed by atoms with Gasteiger partial charge >= 0.3 is 12.1 Å². The maximum absolute atomic E-state index is 12.3. The number of alkyl carbamates (subject to hydrolysis) is 1. The number of halogens is 1. The molecule has 0 radical (unpaired) electrons. The van der Waals surface area contributed by atoms with Gasteiger partial charge in [-0.2, -0.15) is 0 Å². The van der Waals surface area contributed by atoms with Crippen molar-refractivity contribution in [2.75, 3.05) is 13.2 Å². The summed E-state index contributed by atoms with van der Waals surface area (Å²) in [5.74, 6) is -1.15. The number of carbonyl (C=O) groups excluding carboxylic acids is 1. The summed E-state index contributed by atoms with van der Waals surface area (Å²) in [6.07, 6.45) is -3.71. The average Bonchev–Trinajstić information content (AvgIpc) is 3.15. The number of carboxylic acid groups (broad SMARTS) is 1. The van der Waals surface area contributed by atoms with E-state index >= 15 is 0 Å². The van der Waals surface area contributed by atoms with E-state index in [-0.39, 0.29) is 30.5 Å². The molecule has 0 spiro atoms. The standard InChI is InChI=1S/C26H24ClNO6/c27-22-10-9-15(11-16(22)12-24(30)31)25(32)23(29)13-28-26(33)34-14-21-19-7-3-1-5-17(19)18-6-2-4-8-20(18)21/h1-11,21,23,25,29,32H,12-14H2,(H,28,33)(H,30,31).